The van der Waals surface area contributed by atoms with Gasteiger partial charge in [0.25, 0.3) is 5.56 Å². The van der Waals surface area contributed by atoms with Crippen molar-refractivity contribution in [2.24, 2.45) is 0 Å². The van der Waals surface area contributed by atoms with Gasteiger partial charge in [-0.2, -0.15) is 0 Å². The van der Waals surface area contributed by atoms with Crippen LogP contribution in [0.15, 0.2) is 27.6 Å². The zero-order chi connectivity index (χ0) is 8.27. The molecule has 0 saturated heterocycles. The van der Waals surface area contributed by atoms with E-state index in [-0.39, 0.29) is 5.56 Å². The van der Waals surface area contributed by atoms with E-state index in [0.717, 1.165) is 9.80 Å². The predicted molar refractivity (Wildman–Crippen MR) is 52.2 cm³/mol. The van der Waals surface area contributed by atoms with Crippen LogP contribution in [-0.2, 0) is 6.54 Å². The van der Waals surface area contributed by atoms with Crippen LogP contribution in [0.2, 0.25) is 0 Å². The standard InChI is InChI=1S/C7H7Br2NO/c8-3-4-10-5-6(9)1-2-7(10)11/h1-2,5H,3-4H2. The summed E-state index contributed by atoms with van der Waals surface area (Å²) in [6.07, 6.45) is 1.78. The SMILES string of the molecule is O=c1ccc(Br)cn1CCBr. The van der Waals surface area contributed by atoms with Crippen LogP contribution in [0.1, 0.15) is 0 Å². The lowest BCUT2D eigenvalue weighted by molar-refractivity contribution is 0.735. The van der Waals surface area contributed by atoms with Gasteiger partial charge in [0.2, 0.25) is 0 Å². The van der Waals surface area contributed by atoms with Crippen LogP contribution >= 0.6 is 31.9 Å². The third kappa shape index (κ3) is 2.45. The van der Waals surface area contributed by atoms with E-state index >= 15 is 0 Å². The summed E-state index contributed by atoms with van der Waals surface area (Å²) in [4.78, 5) is 11.1. The van der Waals surface area contributed by atoms with E-state index in [4.69, 9.17) is 0 Å². The molecule has 0 bridgehead atoms. The molecule has 0 spiro atoms. The number of alkyl halides is 1. The molecule has 0 saturated carbocycles. The van der Waals surface area contributed by atoms with Gasteiger partial charge in [0.15, 0.2) is 0 Å². The quantitative estimate of drug-likeness (QED) is 0.760. The molecule has 0 fully saturated rings. The van der Waals surface area contributed by atoms with Gasteiger partial charge in [0, 0.05) is 28.6 Å². The second-order valence-electron chi connectivity index (χ2n) is 2.07. The van der Waals surface area contributed by atoms with Crippen molar-refractivity contribution in [2.75, 3.05) is 5.33 Å². The molecule has 0 aromatic carbocycles. The molecule has 0 unspecified atom stereocenters. The van der Waals surface area contributed by atoms with Crippen molar-refractivity contribution >= 4 is 31.9 Å². The van der Waals surface area contributed by atoms with Crippen LogP contribution in [0.4, 0.5) is 0 Å². The first-order valence-corrected chi connectivity index (χ1v) is 5.07. The number of rotatable bonds is 2. The van der Waals surface area contributed by atoms with Crippen molar-refractivity contribution in [3.05, 3.63) is 33.2 Å². The van der Waals surface area contributed by atoms with Crippen LogP contribution < -0.4 is 5.56 Å². The molecule has 11 heavy (non-hydrogen) atoms. The van der Waals surface area contributed by atoms with Crippen molar-refractivity contribution in [2.45, 2.75) is 6.54 Å². The van der Waals surface area contributed by atoms with E-state index in [2.05, 4.69) is 31.9 Å². The second-order valence-corrected chi connectivity index (χ2v) is 3.78. The Morgan fingerprint density at radius 1 is 1.45 bits per heavy atom. The molecule has 1 heterocycles. The van der Waals surface area contributed by atoms with Gasteiger partial charge >= 0.3 is 0 Å². The van der Waals surface area contributed by atoms with Crippen LogP contribution in [0.25, 0.3) is 0 Å². The summed E-state index contributed by atoms with van der Waals surface area (Å²) in [5.41, 5.74) is 0.0349. The van der Waals surface area contributed by atoms with E-state index in [9.17, 15) is 4.79 Å². The Balaban J connectivity index is 3.03. The Kier molecular flexibility index (Phi) is 3.33. The maximum absolute atomic E-state index is 11.1. The molecule has 0 aliphatic heterocycles. The van der Waals surface area contributed by atoms with Crippen LogP contribution in [-0.4, -0.2) is 9.90 Å². The maximum atomic E-state index is 11.1. The summed E-state index contributed by atoms with van der Waals surface area (Å²) < 4.78 is 2.58. The van der Waals surface area contributed by atoms with Crippen LogP contribution in [0.5, 0.6) is 0 Å². The minimum atomic E-state index is 0.0349. The Morgan fingerprint density at radius 2 is 2.18 bits per heavy atom. The molecule has 0 atom stereocenters. The molecule has 0 aliphatic rings. The number of halogens is 2. The van der Waals surface area contributed by atoms with E-state index in [1.165, 1.54) is 0 Å². The Bertz CT molecular complexity index is 295. The summed E-state index contributed by atoms with van der Waals surface area (Å²) in [5, 5.41) is 0.795. The Labute approximate surface area is 81.5 Å². The first-order valence-electron chi connectivity index (χ1n) is 3.16. The number of hydrogen-bond donors (Lipinski definition) is 0. The smallest absolute Gasteiger partial charge is 0.250 e. The zero-order valence-corrected chi connectivity index (χ0v) is 8.93. The van der Waals surface area contributed by atoms with Gasteiger partial charge in [0.05, 0.1) is 0 Å². The molecule has 2 nitrogen and oxygen atoms in total. The van der Waals surface area contributed by atoms with Gasteiger partial charge in [-0.25, -0.2) is 0 Å². The minimum Gasteiger partial charge on any atom is -0.314 e. The summed E-state index contributed by atoms with van der Waals surface area (Å²) in [6, 6.07) is 3.29. The van der Waals surface area contributed by atoms with Crippen molar-refractivity contribution in [3.8, 4) is 0 Å². The molecule has 1 aromatic heterocycles. The minimum absolute atomic E-state index is 0.0349. The molecule has 0 aliphatic carbocycles. The lowest BCUT2D eigenvalue weighted by Gasteiger charge is -2.01. The van der Waals surface area contributed by atoms with Gasteiger partial charge in [-0.3, -0.25) is 4.79 Å². The topological polar surface area (TPSA) is 22.0 Å². The number of pyridine rings is 1. The van der Waals surface area contributed by atoms with Crippen molar-refractivity contribution in [1.29, 1.82) is 0 Å². The summed E-state index contributed by atoms with van der Waals surface area (Å²) >= 11 is 6.56. The number of aryl methyl sites for hydroxylation is 1. The van der Waals surface area contributed by atoms with Gasteiger partial charge in [-0.15, -0.1) is 0 Å². The highest BCUT2D eigenvalue weighted by molar-refractivity contribution is 9.10. The monoisotopic (exact) mass is 279 g/mol. The molecular formula is C7H7Br2NO. The van der Waals surface area contributed by atoms with E-state index < -0.39 is 0 Å². The van der Waals surface area contributed by atoms with Gasteiger partial charge in [-0.05, 0) is 22.0 Å². The van der Waals surface area contributed by atoms with E-state index in [1.807, 2.05) is 0 Å². The Morgan fingerprint density at radius 3 is 2.82 bits per heavy atom. The second kappa shape index (κ2) is 4.07. The van der Waals surface area contributed by atoms with Crippen molar-refractivity contribution < 1.29 is 0 Å². The highest BCUT2D eigenvalue weighted by Gasteiger charge is 1.93. The lowest BCUT2D eigenvalue weighted by atomic mass is 10.5. The summed E-state index contributed by atoms with van der Waals surface area (Å²) in [6.45, 7) is 0.707. The molecule has 60 valence electrons. The average Bonchev–Trinajstić information content (AvgIpc) is 1.98. The normalized spacial score (nSPS) is 10.0. The van der Waals surface area contributed by atoms with E-state index in [1.54, 1.807) is 22.9 Å². The van der Waals surface area contributed by atoms with Crippen LogP contribution in [0.3, 0.4) is 0 Å². The average molecular weight is 281 g/mol. The fraction of sp³-hybridized carbons (Fsp3) is 0.286. The summed E-state index contributed by atoms with van der Waals surface area (Å²) in [7, 11) is 0. The third-order valence-corrected chi connectivity index (χ3v) is 2.10. The molecule has 0 N–H and O–H groups in total. The largest absolute Gasteiger partial charge is 0.314 e. The fourth-order valence-corrected chi connectivity index (χ4v) is 1.53. The summed E-state index contributed by atoms with van der Waals surface area (Å²) in [5.74, 6) is 0. The van der Waals surface area contributed by atoms with Crippen LogP contribution in [0, 0.1) is 0 Å². The number of hydrogen-bond acceptors (Lipinski definition) is 1. The molecule has 1 aromatic rings. The zero-order valence-electron chi connectivity index (χ0n) is 5.76. The van der Waals surface area contributed by atoms with Crippen molar-refractivity contribution in [3.63, 3.8) is 0 Å². The van der Waals surface area contributed by atoms with Gasteiger partial charge in [-0.1, -0.05) is 15.9 Å². The van der Waals surface area contributed by atoms with E-state index in [0.29, 0.717) is 6.54 Å². The molecule has 0 radical (unpaired) electrons. The highest BCUT2D eigenvalue weighted by atomic mass is 79.9. The fourth-order valence-electron chi connectivity index (χ4n) is 0.768. The first-order chi connectivity index (χ1) is 5.24. The molecule has 4 heteroatoms. The maximum Gasteiger partial charge on any atom is 0.250 e. The lowest BCUT2D eigenvalue weighted by Crippen LogP contribution is -2.18. The van der Waals surface area contributed by atoms with Crippen molar-refractivity contribution in [1.82, 2.24) is 4.57 Å². The first kappa shape index (κ1) is 9.00. The predicted octanol–water partition coefficient (Wildman–Crippen LogP) is 2.01. The van der Waals surface area contributed by atoms with Gasteiger partial charge in [0.1, 0.15) is 0 Å². The number of nitrogens with zero attached hydrogens (tertiary/aromatic N) is 1. The molecule has 0 amide bonds. The molecule has 1 rings (SSSR count). The number of aromatic nitrogens is 1. The van der Waals surface area contributed by atoms with Gasteiger partial charge < -0.3 is 4.57 Å². The Hall–Kier alpha value is -0.0900. The highest BCUT2D eigenvalue weighted by Crippen LogP contribution is 2.04. The molecular weight excluding hydrogens is 274 g/mol. The third-order valence-electron chi connectivity index (χ3n) is 1.27.